The molecule has 104 valence electrons. The molecule has 1 atom stereocenters. The van der Waals surface area contributed by atoms with Crippen molar-refractivity contribution in [2.24, 2.45) is 0 Å². The molecule has 18 heavy (non-hydrogen) atoms. The van der Waals surface area contributed by atoms with Crippen LogP contribution in [0.15, 0.2) is 0 Å². The van der Waals surface area contributed by atoms with Gasteiger partial charge in [0.25, 0.3) is 0 Å². The highest BCUT2D eigenvalue weighted by atomic mass is 16.4. The summed E-state index contributed by atoms with van der Waals surface area (Å²) in [5, 5.41) is 28.1. The van der Waals surface area contributed by atoms with E-state index in [0.29, 0.717) is 13.0 Å². The first-order valence-corrected chi connectivity index (χ1v) is 5.53. The molecule has 0 aliphatic heterocycles. The number of hydrogen-bond donors (Lipinski definition) is 4. The van der Waals surface area contributed by atoms with E-state index in [2.05, 4.69) is 5.32 Å². The first-order chi connectivity index (χ1) is 8.42. The van der Waals surface area contributed by atoms with Crippen molar-refractivity contribution in [2.75, 3.05) is 19.7 Å². The lowest BCUT2D eigenvalue weighted by atomic mass is 10.2. The zero-order chi connectivity index (χ0) is 14.1. The Morgan fingerprint density at radius 1 is 1.28 bits per heavy atom. The van der Waals surface area contributed by atoms with Gasteiger partial charge in [-0.2, -0.15) is 0 Å². The van der Waals surface area contributed by atoms with Crippen LogP contribution < -0.4 is 5.32 Å². The average molecular weight is 262 g/mol. The molecule has 0 saturated heterocycles. The number of aliphatic hydroxyl groups is 1. The first-order valence-electron chi connectivity index (χ1n) is 5.53. The van der Waals surface area contributed by atoms with E-state index in [1.54, 1.807) is 6.92 Å². The molecule has 0 aliphatic rings. The minimum Gasteiger partial charge on any atom is -0.481 e. The van der Waals surface area contributed by atoms with E-state index in [1.165, 1.54) is 4.90 Å². The second-order valence-corrected chi connectivity index (χ2v) is 3.60. The van der Waals surface area contributed by atoms with Crippen molar-refractivity contribution in [3.05, 3.63) is 0 Å². The molecule has 0 saturated carbocycles. The van der Waals surface area contributed by atoms with Gasteiger partial charge in [-0.05, 0) is 13.3 Å². The molecule has 4 N–H and O–H groups in total. The van der Waals surface area contributed by atoms with Crippen LogP contribution in [0.4, 0.5) is 4.79 Å². The summed E-state index contributed by atoms with van der Waals surface area (Å²) in [5.41, 5.74) is 0. The summed E-state index contributed by atoms with van der Waals surface area (Å²) >= 11 is 0. The van der Waals surface area contributed by atoms with E-state index in [1.807, 2.05) is 0 Å². The Bertz CT molecular complexity index is 307. The molecule has 0 rings (SSSR count). The van der Waals surface area contributed by atoms with Crippen molar-refractivity contribution in [1.82, 2.24) is 10.2 Å². The second kappa shape index (κ2) is 8.29. The van der Waals surface area contributed by atoms with Crippen molar-refractivity contribution in [1.29, 1.82) is 0 Å². The summed E-state index contributed by atoms with van der Waals surface area (Å²) in [6.45, 7) is 2.23. The molecular weight excluding hydrogens is 244 g/mol. The maximum absolute atomic E-state index is 11.7. The molecule has 8 nitrogen and oxygen atoms in total. The van der Waals surface area contributed by atoms with Crippen LogP contribution in [-0.4, -0.2) is 63.9 Å². The topological polar surface area (TPSA) is 127 Å². The van der Waals surface area contributed by atoms with Crippen molar-refractivity contribution in [3.63, 3.8) is 0 Å². The zero-order valence-electron chi connectivity index (χ0n) is 10.1. The van der Waals surface area contributed by atoms with Crippen molar-refractivity contribution in [2.45, 2.75) is 25.8 Å². The van der Waals surface area contributed by atoms with Gasteiger partial charge in [-0.3, -0.25) is 4.79 Å². The molecule has 0 spiro atoms. The second-order valence-electron chi connectivity index (χ2n) is 3.60. The van der Waals surface area contributed by atoms with Crippen LogP contribution in [-0.2, 0) is 9.59 Å². The minimum atomic E-state index is -1.46. The van der Waals surface area contributed by atoms with Crippen LogP contribution >= 0.6 is 0 Å². The Labute approximate surface area is 104 Å². The summed E-state index contributed by atoms with van der Waals surface area (Å²) < 4.78 is 0. The Kier molecular flexibility index (Phi) is 7.45. The van der Waals surface area contributed by atoms with Gasteiger partial charge in [0, 0.05) is 19.7 Å². The van der Waals surface area contributed by atoms with E-state index < -0.39 is 30.4 Å². The largest absolute Gasteiger partial charge is 0.481 e. The molecule has 0 fully saturated rings. The van der Waals surface area contributed by atoms with Gasteiger partial charge < -0.3 is 25.5 Å². The molecular formula is C10H18N2O6. The van der Waals surface area contributed by atoms with Gasteiger partial charge >= 0.3 is 18.0 Å². The number of carboxylic acids is 2. The maximum atomic E-state index is 11.7. The molecule has 0 heterocycles. The monoisotopic (exact) mass is 262 g/mol. The third-order valence-corrected chi connectivity index (χ3v) is 2.23. The highest BCUT2D eigenvalue weighted by Gasteiger charge is 2.24. The van der Waals surface area contributed by atoms with E-state index in [4.69, 9.17) is 15.3 Å². The van der Waals surface area contributed by atoms with Crippen molar-refractivity contribution >= 4 is 18.0 Å². The summed E-state index contributed by atoms with van der Waals surface area (Å²) in [6, 6.07) is -2.11. The smallest absolute Gasteiger partial charge is 0.326 e. The maximum Gasteiger partial charge on any atom is 0.326 e. The predicted octanol–water partition coefficient (Wildman–Crippen LogP) is -0.672. The molecule has 0 aromatic carbocycles. The molecule has 0 aromatic rings. The van der Waals surface area contributed by atoms with Gasteiger partial charge in [0.1, 0.15) is 6.04 Å². The Morgan fingerprint density at radius 2 is 1.89 bits per heavy atom. The predicted molar refractivity (Wildman–Crippen MR) is 61.2 cm³/mol. The first kappa shape index (κ1) is 16.2. The van der Waals surface area contributed by atoms with Crippen LogP contribution in [0, 0.1) is 0 Å². The number of aliphatic carboxylic acids is 2. The normalized spacial score (nSPS) is 11.7. The fraction of sp³-hybridized carbons (Fsp3) is 0.700. The molecule has 0 aromatic heterocycles. The number of amides is 2. The lowest BCUT2D eigenvalue weighted by Gasteiger charge is -2.23. The van der Waals surface area contributed by atoms with Crippen LogP contribution in [0.2, 0.25) is 0 Å². The number of carboxylic acid groups (broad SMARTS) is 2. The zero-order valence-corrected chi connectivity index (χ0v) is 10.1. The van der Waals surface area contributed by atoms with Crippen LogP contribution in [0.1, 0.15) is 19.8 Å². The summed E-state index contributed by atoms with van der Waals surface area (Å²) in [5.74, 6) is -2.70. The molecule has 8 heteroatoms. The van der Waals surface area contributed by atoms with E-state index >= 15 is 0 Å². The minimum absolute atomic E-state index is 0.0821. The van der Waals surface area contributed by atoms with Gasteiger partial charge in [-0.15, -0.1) is 0 Å². The number of rotatable bonds is 8. The Hall–Kier alpha value is -1.83. The van der Waals surface area contributed by atoms with Gasteiger partial charge in [-0.25, -0.2) is 9.59 Å². The van der Waals surface area contributed by atoms with Crippen LogP contribution in [0.5, 0.6) is 0 Å². The summed E-state index contributed by atoms with van der Waals surface area (Å²) in [4.78, 5) is 34.2. The Balaban J connectivity index is 4.46. The molecule has 0 radical (unpaired) electrons. The number of urea groups is 1. The molecule has 0 unspecified atom stereocenters. The van der Waals surface area contributed by atoms with Crippen molar-refractivity contribution in [3.8, 4) is 0 Å². The number of hydrogen-bond acceptors (Lipinski definition) is 4. The lowest BCUT2D eigenvalue weighted by Crippen LogP contribution is -2.49. The SMILES string of the molecule is CCN(CCCO)C(=O)N[C@H](CC(=O)O)C(=O)O. The van der Waals surface area contributed by atoms with Crippen molar-refractivity contribution < 1.29 is 29.7 Å². The number of nitrogens with zero attached hydrogens (tertiary/aromatic N) is 1. The standard InChI is InChI=1S/C10H18N2O6/c1-2-12(4-3-5-13)10(18)11-7(9(16)17)6-8(14)15/h7,13H,2-6H2,1H3,(H,11,18)(H,14,15)(H,16,17)/t7-/m1/s1. The molecule has 0 bridgehead atoms. The quantitative estimate of drug-likeness (QED) is 0.459. The van der Waals surface area contributed by atoms with Gasteiger partial charge in [-0.1, -0.05) is 0 Å². The Morgan fingerprint density at radius 3 is 2.28 bits per heavy atom. The highest BCUT2D eigenvalue weighted by Crippen LogP contribution is 1.98. The number of aliphatic hydroxyl groups excluding tert-OH is 1. The van der Waals surface area contributed by atoms with Gasteiger partial charge in [0.2, 0.25) is 0 Å². The van der Waals surface area contributed by atoms with Gasteiger partial charge in [0.05, 0.1) is 6.42 Å². The highest BCUT2D eigenvalue weighted by molar-refractivity contribution is 5.86. The van der Waals surface area contributed by atoms with Crippen LogP contribution in [0.25, 0.3) is 0 Å². The number of carbonyl (C=O) groups excluding carboxylic acids is 1. The molecule has 2 amide bonds. The number of nitrogens with one attached hydrogen (secondary N) is 1. The van der Waals surface area contributed by atoms with E-state index in [9.17, 15) is 14.4 Å². The third kappa shape index (κ3) is 6.04. The number of carbonyl (C=O) groups is 3. The van der Waals surface area contributed by atoms with Gasteiger partial charge in [0.15, 0.2) is 0 Å². The summed E-state index contributed by atoms with van der Waals surface area (Å²) in [6.07, 6.45) is -0.309. The lowest BCUT2D eigenvalue weighted by molar-refractivity contribution is -0.145. The molecule has 0 aliphatic carbocycles. The summed E-state index contributed by atoms with van der Waals surface area (Å²) in [7, 11) is 0. The van der Waals surface area contributed by atoms with Crippen LogP contribution in [0.3, 0.4) is 0 Å². The average Bonchev–Trinajstić information content (AvgIpc) is 2.28. The third-order valence-electron chi connectivity index (χ3n) is 2.23. The fourth-order valence-corrected chi connectivity index (χ4v) is 1.28. The van der Waals surface area contributed by atoms with E-state index in [-0.39, 0.29) is 13.2 Å². The fourth-order valence-electron chi connectivity index (χ4n) is 1.28. The van der Waals surface area contributed by atoms with E-state index in [0.717, 1.165) is 0 Å².